The highest BCUT2D eigenvalue weighted by atomic mass is 32.2. The largest absolute Gasteiger partial charge is 0.346 e. The number of hydrogen-bond acceptors (Lipinski definition) is 5. The average molecular weight is 171 g/mol. The number of aliphatic imine (C=N–C) groups is 1. The summed E-state index contributed by atoms with van der Waals surface area (Å²) in [5, 5.41) is 2.00. The van der Waals surface area contributed by atoms with Crippen LogP contribution in [0.3, 0.4) is 0 Å². The molecule has 0 saturated carbocycles. The van der Waals surface area contributed by atoms with Crippen molar-refractivity contribution in [1.82, 2.24) is 5.32 Å². The highest BCUT2D eigenvalue weighted by Gasteiger charge is 2.21. The zero-order valence-corrected chi connectivity index (χ0v) is 6.89. The molecule has 0 spiro atoms. The lowest BCUT2D eigenvalue weighted by Gasteiger charge is -2.25. The van der Waals surface area contributed by atoms with Gasteiger partial charge in [-0.05, 0) is 6.26 Å². The Hall–Kier alpha value is -0.810. The third-order valence-electron chi connectivity index (χ3n) is 1.30. The summed E-state index contributed by atoms with van der Waals surface area (Å²) in [4.78, 5) is 14.1. The minimum Gasteiger partial charge on any atom is -0.346 e. The molecule has 1 unspecified atom stereocenters. The number of allylic oxidation sites excluding steroid dienone is 1. The molecule has 60 valence electrons. The Balaban J connectivity index is 2.70. The zero-order chi connectivity index (χ0) is 8.32. The molecule has 0 radical (unpaired) electrons. The molecular formula is C6H9N3OS. The summed E-state index contributed by atoms with van der Waals surface area (Å²) < 4.78 is 0. The van der Waals surface area contributed by atoms with Crippen molar-refractivity contribution in [2.45, 2.75) is 5.12 Å². The van der Waals surface area contributed by atoms with Crippen LogP contribution in [0.4, 0.5) is 0 Å². The lowest BCUT2D eigenvalue weighted by Crippen LogP contribution is -2.47. The van der Waals surface area contributed by atoms with Gasteiger partial charge in [-0.3, -0.25) is 10.5 Å². The Morgan fingerprint density at radius 2 is 2.64 bits per heavy atom. The van der Waals surface area contributed by atoms with Crippen LogP contribution >= 0.6 is 11.8 Å². The standard InChI is InChI=1S/C6H9N3OS/c1-11-6(7)8-2-5(4-10)3-9-6/h2-4,8H,7H2,1H3. The minimum atomic E-state index is -0.799. The van der Waals surface area contributed by atoms with Crippen molar-refractivity contribution in [2.75, 3.05) is 6.26 Å². The number of nitrogens with zero attached hydrogens (tertiary/aromatic N) is 1. The molecule has 1 atom stereocenters. The van der Waals surface area contributed by atoms with Gasteiger partial charge in [0.05, 0.1) is 0 Å². The van der Waals surface area contributed by atoms with Crippen molar-refractivity contribution in [3.63, 3.8) is 0 Å². The van der Waals surface area contributed by atoms with Crippen LogP contribution in [0.1, 0.15) is 0 Å². The predicted molar refractivity (Wildman–Crippen MR) is 46.2 cm³/mol. The fourth-order valence-corrected chi connectivity index (χ4v) is 0.943. The molecule has 0 aromatic carbocycles. The Bertz CT molecular complexity index is 226. The van der Waals surface area contributed by atoms with Crippen LogP contribution in [0, 0.1) is 0 Å². The second kappa shape index (κ2) is 3.06. The van der Waals surface area contributed by atoms with Crippen molar-refractivity contribution >= 4 is 24.3 Å². The molecule has 1 rings (SSSR count). The summed E-state index contributed by atoms with van der Waals surface area (Å²) in [5.41, 5.74) is 6.17. The van der Waals surface area contributed by atoms with E-state index in [-0.39, 0.29) is 0 Å². The van der Waals surface area contributed by atoms with E-state index in [0.29, 0.717) is 5.57 Å². The quantitative estimate of drug-likeness (QED) is 0.441. The van der Waals surface area contributed by atoms with Crippen LogP contribution in [-0.4, -0.2) is 23.9 Å². The molecule has 0 aromatic heterocycles. The smallest absolute Gasteiger partial charge is 0.231 e. The first kappa shape index (κ1) is 8.29. The average Bonchev–Trinajstić information content (AvgIpc) is 2.06. The topological polar surface area (TPSA) is 67.5 Å². The van der Waals surface area contributed by atoms with Gasteiger partial charge in [-0.15, -0.1) is 0 Å². The van der Waals surface area contributed by atoms with Crippen LogP contribution < -0.4 is 11.1 Å². The first-order chi connectivity index (χ1) is 5.20. The molecule has 0 aliphatic carbocycles. The molecule has 0 fully saturated rings. The van der Waals surface area contributed by atoms with E-state index in [2.05, 4.69) is 10.3 Å². The van der Waals surface area contributed by atoms with E-state index in [1.54, 1.807) is 6.20 Å². The molecule has 5 heteroatoms. The molecule has 1 aliphatic heterocycles. The normalized spacial score (nSPS) is 29.1. The van der Waals surface area contributed by atoms with Gasteiger partial charge in [0, 0.05) is 18.0 Å². The lowest BCUT2D eigenvalue weighted by atomic mass is 10.3. The number of carbonyl (C=O) groups excluding carboxylic acids is 1. The van der Waals surface area contributed by atoms with Gasteiger partial charge in [0.15, 0.2) is 6.29 Å². The third kappa shape index (κ3) is 1.81. The van der Waals surface area contributed by atoms with E-state index in [9.17, 15) is 4.79 Å². The van der Waals surface area contributed by atoms with Gasteiger partial charge in [0.2, 0.25) is 5.12 Å². The molecule has 0 bridgehead atoms. The maximum absolute atomic E-state index is 10.2. The van der Waals surface area contributed by atoms with Gasteiger partial charge in [-0.25, -0.2) is 4.99 Å². The van der Waals surface area contributed by atoms with E-state index < -0.39 is 5.12 Å². The van der Waals surface area contributed by atoms with Crippen LogP contribution in [0.25, 0.3) is 0 Å². The van der Waals surface area contributed by atoms with Gasteiger partial charge in [-0.1, -0.05) is 11.8 Å². The number of nitrogens with one attached hydrogen (secondary N) is 1. The molecule has 0 amide bonds. The van der Waals surface area contributed by atoms with Crippen LogP contribution in [0.2, 0.25) is 0 Å². The predicted octanol–water partition coefficient (Wildman–Crippen LogP) is -0.324. The second-order valence-electron chi connectivity index (χ2n) is 2.07. The van der Waals surface area contributed by atoms with Crippen LogP contribution in [0.5, 0.6) is 0 Å². The van der Waals surface area contributed by atoms with Gasteiger partial charge in [0.1, 0.15) is 0 Å². The number of hydrogen-bond donors (Lipinski definition) is 2. The highest BCUT2D eigenvalue weighted by molar-refractivity contribution is 7.99. The fourth-order valence-electron chi connectivity index (χ4n) is 0.608. The summed E-state index contributed by atoms with van der Waals surface area (Å²) in [6.45, 7) is 0. The van der Waals surface area contributed by atoms with E-state index in [1.807, 2.05) is 6.26 Å². The number of rotatable bonds is 2. The third-order valence-corrected chi connectivity index (χ3v) is 2.14. The lowest BCUT2D eigenvalue weighted by molar-refractivity contribution is -0.104. The SMILES string of the molecule is CSC1(N)N=CC(C=O)=CN1. The van der Waals surface area contributed by atoms with Crippen molar-refractivity contribution in [2.24, 2.45) is 10.7 Å². The maximum Gasteiger partial charge on any atom is 0.231 e. The molecule has 1 aliphatic rings. The number of aldehydes is 1. The summed E-state index contributed by atoms with van der Waals surface area (Å²) in [5.74, 6) is 0. The van der Waals surface area contributed by atoms with E-state index >= 15 is 0 Å². The van der Waals surface area contributed by atoms with Gasteiger partial charge >= 0.3 is 0 Å². The minimum absolute atomic E-state index is 0.500. The molecule has 11 heavy (non-hydrogen) atoms. The van der Waals surface area contributed by atoms with Crippen LogP contribution in [0.15, 0.2) is 16.8 Å². The first-order valence-corrected chi connectivity index (χ1v) is 4.25. The monoisotopic (exact) mass is 171 g/mol. The molecule has 0 saturated heterocycles. The van der Waals surface area contributed by atoms with E-state index in [0.717, 1.165) is 6.29 Å². The van der Waals surface area contributed by atoms with Crippen molar-refractivity contribution in [1.29, 1.82) is 0 Å². The summed E-state index contributed by atoms with van der Waals surface area (Å²) in [6.07, 6.45) is 5.57. The van der Waals surface area contributed by atoms with Crippen molar-refractivity contribution in [3.05, 3.63) is 11.8 Å². The van der Waals surface area contributed by atoms with Crippen LogP contribution in [-0.2, 0) is 4.79 Å². The Morgan fingerprint density at radius 1 is 1.91 bits per heavy atom. The highest BCUT2D eigenvalue weighted by Crippen LogP contribution is 2.16. The van der Waals surface area contributed by atoms with Gasteiger partial charge in [0.25, 0.3) is 0 Å². The summed E-state index contributed by atoms with van der Waals surface area (Å²) in [7, 11) is 0. The Labute approximate surface area is 68.9 Å². The number of carbonyl (C=O) groups is 1. The first-order valence-electron chi connectivity index (χ1n) is 3.02. The molecule has 1 heterocycles. The summed E-state index contributed by atoms with van der Waals surface area (Å²) >= 11 is 1.37. The molecular weight excluding hydrogens is 162 g/mol. The zero-order valence-electron chi connectivity index (χ0n) is 6.07. The molecule has 0 aromatic rings. The second-order valence-corrected chi connectivity index (χ2v) is 3.10. The Morgan fingerprint density at radius 3 is 3.00 bits per heavy atom. The van der Waals surface area contributed by atoms with Crippen molar-refractivity contribution < 1.29 is 4.79 Å². The van der Waals surface area contributed by atoms with Crippen molar-refractivity contribution in [3.8, 4) is 0 Å². The van der Waals surface area contributed by atoms with E-state index in [4.69, 9.17) is 5.73 Å². The van der Waals surface area contributed by atoms with Gasteiger partial charge < -0.3 is 5.32 Å². The number of thioether (sulfide) groups is 1. The fraction of sp³-hybridized carbons (Fsp3) is 0.333. The summed E-state index contributed by atoms with van der Waals surface area (Å²) in [6, 6.07) is 0. The number of nitrogens with two attached hydrogens (primary N) is 1. The Kier molecular flexibility index (Phi) is 2.31. The maximum atomic E-state index is 10.2. The molecule has 4 nitrogen and oxygen atoms in total. The van der Waals surface area contributed by atoms with E-state index in [1.165, 1.54) is 18.0 Å². The van der Waals surface area contributed by atoms with Gasteiger partial charge in [-0.2, -0.15) is 0 Å². The molecule has 3 N–H and O–H groups in total.